The van der Waals surface area contributed by atoms with E-state index in [4.69, 9.17) is 16.0 Å². The number of hydrogen-bond acceptors (Lipinski definition) is 2. The van der Waals surface area contributed by atoms with Crippen LogP contribution in [-0.4, -0.2) is 6.03 Å². The summed E-state index contributed by atoms with van der Waals surface area (Å²) in [5.41, 5.74) is 1.60. The Labute approximate surface area is 104 Å². The molecule has 0 aliphatic heterocycles. The summed E-state index contributed by atoms with van der Waals surface area (Å²) in [6.07, 6.45) is 1.49. The maximum absolute atomic E-state index is 11.6. The monoisotopic (exact) mass is 250 g/mol. The van der Waals surface area contributed by atoms with E-state index in [9.17, 15) is 4.79 Å². The van der Waals surface area contributed by atoms with E-state index in [1.807, 2.05) is 13.0 Å². The van der Waals surface area contributed by atoms with Crippen LogP contribution in [0.2, 0.25) is 5.02 Å². The highest BCUT2D eigenvalue weighted by atomic mass is 35.5. The maximum atomic E-state index is 11.6. The van der Waals surface area contributed by atoms with Crippen LogP contribution in [0, 0.1) is 6.92 Å². The Morgan fingerprint density at radius 1 is 1.29 bits per heavy atom. The molecule has 0 aliphatic rings. The number of urea groups is 1. The average Bonchev–Trinajstić information content (AvgIpc) is 2.76. The highest BCUT2D eigenvalue weighted by Crippen LogP contribution is 2.20. The molecule has 0 saturated heterocycles. The molecule has 5 heteroatoms. The number of carbonyl (C=O) groups excluding carboxylic acids is 1. The van der Waals surface area contributed by atoms with Gasteiger partial charge in [-0.15, -0.1) is 0 Å². The summed E-state index contributed by atoms with van der Waals surface area (Å²) in [6, 6.07) is 8.28. The molecule has 0 bridgehead atoms. The average molecular weight is 251 g/mol. The fraction of sp³-hybridized carbons (Fsp3) is 0.0833. The molecule has 88 valence electrons. The third kappa shape index (κ3) is 3.01. The zero-order chi connectivity index (χ0) is 12.3. The molecule has 2 N–H and O–H groups in total. The van der Waals surface area contributed by atoms with Gasteiger partial charge in [-0.25, -0.2) is 4.79 Å². The molecule has 1 aromatic heterocycles. The smallest absolute Gasteiger partial charge is 0.326 e. The zero-order valence-corrected chi connectivity index (χ0v) is 9.91. The summed E-state index contributed by atoms with van der Waals surface area (Å²) in [4.78, 5) is 11.6. The van der Waals surface area contributed by atoms with Gasteiger partial charge in [0, 0.05) is 16.8 Å². The van der Waals surface area contributed by atoms with E-state index < -0.39 is 0 Å². The minimum absolute atomic E-state index is 0.370. The third-order valence-electron chi connectivity index (χ3n) is 2.21. The van der Waals surface area contributed by atoms with Crippen molar-refractivity contribution in [3.63, 3.8) is 0 Å². The van der Waals surface area contributed by atoms with Crippen molar-refractivity contribution in [3.05, 3.63) is 47.2 Å². The lowest BCUT2D eigenvalue weighted by Crippen LogP contribution is -2.19. The van der Waals surface area contributed by atoms with Gasteiger partial charge in [0.1, 0.15) is 0 Å². The first-order valence-corrected chi connectivity index (χ1v) is 5.40. The first kappa shape index (κ1) is 11.5. The number of nitrogens with one attached hydrogen (secondary N) is 2. The van der Waals surface area contributed by atoms with Crippen molar-refractivity contribution in [2.75, 3.05) is 10.6 Å². The first-order valence-electron chi connectivity index (χ1n) is 5.03. The molecule has 0 fully saturated rings. The molecule has 1 aromatic carbocycles. The number of aryl methyl sites for hydroxylation is 1. The molecule has 2 amide bonds. The summed E-state index contributed by atoms with van der Waals surface area (Å²) in [5, 5.41) is 5.83. The van der Waals surface area contributed by atoms with Gasteiger partial charge in [0.15, 0.2) is 0 Å². The van der Waals surface area contributed by atoms with Crippen LogP contribution in [-0.2, 0) is 0 Å². The summed E-state index contributed by atoms with van der Waals surface area (Å²) in [7, 11) is 0. The van der Waals surface area contributed by atoms with Gasteiger partial charge in [-0.05, 0) is 30.7 Å². The number of halogens is 1. The third-order valence-corrected chi connectivity index (χ3v) is 2.44. The molecule has 0 spiro atoms. The molecule has 0 atom stereocenters. The Balaban J connectivity index is 2.05. The van der Waals surface area contributed by atoms with Crippen LogP contribution in [0.1, 0.15) is 5.56 Å². The van der Waals surface area contributed by atoms with Crippen molar-refractivity contribution in [1.29, 1.82) is 0 Å². The van der Waals surface area contributed by atoms with Gasteiger partial charge in [0.2, 0.25) is 5.88 Å². The molecule has 2 rings (SSSR count). The summed E-state index contributed by atoms with van der Waals surface area (Å²) in [6.45, 7) is 1.89. The maximum Gasteiger partial charge on any atom is 0.326 e. The number of rotatable bonds is 2. The molecule has 0 aliphatic carbocycles. The van der Waals surface area contributed by atoms with Crippen molar-refractivity contribution in [2.24, 2.45) is 0 Å². The van der Waals surface area contributed by atoms with E-state index >= 15 is 0 Å². The first-order chi connectivity index (χ1) is 8.15. The Morgan fingerprint density at radius 3 is 2.82 bits per heavy atom. The fourth-order valence-corrected chi connectivity index (χ4v) is 1.52. The van der Waals surface area contributed by atoms with Crippen LogP contribution in [0.25, 0.3) is 0 Å². The van der Waals surface area contributed by atoms with Gasteiger partial charge in [0.05, 0.1) is 6.26 Å². The molecule has 2 aromatic rings. The molecule has 4 nitrogen and oxygen atoms in total. The van der Waals surface area contributed by atoms with E-state index in [1.165, 1.54) is 6.26 Å². The van der Waals surface area contributed by atoms with Gasteiger partial charge >= 0.3 is 6.03 Å². The van der Waals surface area contributed by atoms with Crippen LogP contribution >= 0.6 is 11.6 Å². The molecule has 0 saturated carbocycles. The van der Waals surface area contributed by atoms with Gasteiger partial charge in [0.25, 0.3) is 0 Å². The minimum Gasteiger partial charge on any atom is -0.449 e. The number of furan rings is 1. The highest BCUT2D eigenvalue weighted by molar-refractivity contribution is 6.31. The Hall–Kier alpha value is -1.94. The zero-order valence-electron chi connectivity index (χ0n) is 9.16. The molecule has 1 heterocycles. The predicted octanol–water partition coefficient (Wildman–Crippen LogP) is 3.89. The lowest BCUT2D eigenvalue weighted by molar-refractivity contribution is 0.261. The lowest BCUT2D eigenvalue weighted by Gasteiger charge is -2.08. The molecule has 0 unspecified atom stereocenters. The molecule has 17 heavy (non-hydrogen) atoms. The number of hydrogen-bond donors (Lipinski definition) is 2. The largest absolute Gasteiger partial charge is 0.449 e. The van der Waals surface area contributed by atoms with Crippen molar-refractivity contribution in [1.82, 2.24) is 0 Å². The van der Waals surface area contributed by atoms with E-state index in [0.717, 1.165) is 5.56 Å². The Morgan fingerprint density at radius 2 is 2.12 bits per heavy atom. The lowest BCUT2D eigenvalue weighted by atomic mass is 10.2. The quantitative estimate of drug-likeness (QED) is 0.850. The summed E-state index contributed by atoms with van der Waals surface area (Å²) in [5.74, 6) is 0.391. The standard InChI is InChI=1S/C12H11ClN2O2/c1-8-4-5-9(13)7-10(8)14-12(16)15-11-3-2-6-17-11/h2-7H,1H3,(H2,14,15,16). The van der Waals surface area contributed by atoms with Crippen molar-refractivity contribution in [2.45, 2.75) is 6.92 Å². The number of carbonyl (C=O) groups is 1. The van der Waals surface area contributed by atoms with Gasteiger partial charge in [-0.2, -0.15) is 0 Å². The minimum atomic E-state index is -0.370. The molecular weight excluding hydrogens is 240 g/mol. The Bertz CT molecular complexity index is 523. The van der Waals surface area contributed by atoms with Crippen LogP contribution in [0.4, 0.5) is 16.4 Å². The van der Waals surface area contributed by atoms with E-state index in [2.05, 4.69) is 10.6 Å². The summed E-state index contributed by atoms with van der Waals surface area (Å²) < 4.78 is 5.00. The molecule has 0 radical (unpaired) electrons. The van der Waals surface area contributed by atoms with Gasteiger partial charge in [-0.3, -0.25) is 5.32 Å². The predicted molar refractivity (Wildman–Crippen MR) is 67.5 cm³/mol. The fourth-order valence-electron chi connectivity index (χ4n) is 1.34. The normalized spacial score (nSPS) is 10.0. The SMILES string of the molecule is Cc1ccc(Cl)cc1NC(=O)Nc1ccco1. The second-order valence-corrected chi connectivity index (χ2v) is 3.95. The number of benzene rings is 1. The number of anilines is 2. The van der Waals surface area contributed by atoms with Crippen molar-refractivity contribution in [3.8, 4) is 0 Å². The van der Waals surface area contributed by atoms with Crippen molar-refractivity contribution >= 4 is 29.2 Å². The second kappa shape index (κ2) is 4.93. The summed E-state index contributed by atoms with van der Waals surface area (Å²) >= 11 is 5.85. The van der Waals surface area contributed by atoms with Crippen LogP contribution in [0.3, 0.4) is 0 Å². The van der Waals surface area contributed by atoms with Gasteiger partial charge in [-0.1, -0.05) is 17.7 Å². The van der Waals surface area contributed by atoms with E-state index in [-0.39, 0.29) is 6.03 Å². The van der Waals surface area contributed by atoms with Gasteiger partial charge < -0.3 is 9.73 Å². The Kier molecular flexibility index (Phi) is 3.35. The van der Waals surface area contributed by atoms with Crippen molar-refractivity contribution < 1.29 is 9.21 Å². The molecular formula is C12H11ClN2O2. The topological polar surface area (TPSA) is 54.3 Å². The van der Waals surface area contributed by atoms with E-state index in [1.54, 1.807) is 24.3 Å². The van der Waals surface area contributed by atoms with E-state index in [0.29, 0.717) is 16.6 Å². The number of amides is 2. The van der Waals surface area contributed by atoms with Crippen LogP contribution < -0.4 is 10.6 Å². The second-order valence-electron chi connectivity index (χ2n) is 3.52. The van der Waals surface area contributed by atoms with Crippen LogP contribution in [0.5, 0.6) is 0 Å². The van der Waals surface area contributed by atoms with Crippen LogP contribution in [0.15, 0.2) is 41.0 Å². The highest BCUT2D eigenvalue weighted by Gasteiger charge is 2.06.